The molecule has 0 unspecified atom stereocenters. The van der Waals surface area contributed by atoms with Crippen LogP contribution in [-0.2, 0) is 11.2 Å². The molecule has 1 amide bonds. The molecule has 0 radical (unpaired) electrons. The van der Waals surface area contributed by atoms with E-state index < -0.39 is 0 Å². The molecule has 4 heterocycles. The topological polar surface area (TPSA) is 125 Å². The molecular weight excluding hydrogens is 531 g/mol. The van der Waals surface area contributed by atoms with Crippen molar-refractivity contribution in [3.05, 3.63) is 107 Å². The fourth-order valence-corrected chi connectivity index (χ4v) is 5.14. The molecule has 3 aromatic heterocycles. The number of allylic oxidation sites excluding steroid dienone is 3. The van der Waals surface area contributed by atoms with Crippen molar-refractivity contribution >= 4 is 28.6 Å². The van der Waals surface area contributed by atoms with Gasteiger partial charge in [-0.05, 0) is 42.3 Å². The second-order valence-corrected chi connectivity index (χ2v) is 10.5. The van der Waals surface area contributed by atoms with E-state index in [2.05, 4.69) is 22.2 Å². The van der Waals surface area contributed by atoms with Crippen LogP contribution in [0.25, 0.3) is 16.8 Å². The number of hydrogen-bond donors (Lipinski definition) is 3. The smallest absolute Gasteiger partial charge is 0.224 e. The average Bonchev–Trinajstić information content (AvgIpc) is 3.32. The molecule has 42 heavy (non-hydrogen) atoms. The molecule has 4 aromatic rings. The Morgan fingerprint density at radius 2 is 2.02 bits per heavy atom. The van der Waals surface area contributed by atoms with Crippen LogP contribution in [0.2, 0.25) is 0 Å². The van der Waals surface area contributed by atoms with Crippen molar-refractivity contribution < 1.29 is 9.18 Å². The van der Waals surface area contributed by atoms with E-state index in [0.717, 1.165) is 40.9 Å². The molecule has 0 spiro atoms. The lowest BCUT2D eigenvalue weighted by molar-refractivity contribution is -0.116. The number of halogens is 1. The van der Waals surface area contributed by atoms with Gasteiger partial charge in [-0.1, -0.05) is 31.6 Å². The van der Waals surface area contributed by atoms with Crippen LogP contribution < -0.4 is 16.0 Å². The number of unbranched alkanes of at least 4 members (excludes halogenated alkanes) is 1. The van der Waals surface area contributed by atoms with E-state index in [1.54, 1.807) is 18.5 Å². The largest absolute Gasteiger partial charge is 0.402 e. The summed E-state index contributed by atoms with van der Waals surface area (Å²) in [7, 11) is 1.96. The Labute approximate surface area is 243 Å². The van der Waals surface area contributed by atoms with E-state index >= 15 is 0 Å². The number of aromatic amines is 1. The SMILES string of the molecule is CCCCC(=O)Nc1cncc(-c2cc3c(cn2)N(C)CN=C3c2nc3c([nH]2)CC(N)=CC=C3c2cccc(F)c2)c1. The maximum atomic E-state index is 14.1. The van der Waals surface area contributed by atoms with Crippen molar-refractivity contribution in [1.29, 1.82) is 0 Å². The summed E-state index contributed by atoms with van der Waals surface area (Å²) < 4.78 is 14.1. The predicted octanol–water partition coefficient (Wildman–Crippen LogP) is 5.21. The van der Waals surface area contributed by atoms with Gasteiger partial charge in [-0.3, -0.25) is 19.8 Å². The molecule has 0 atom stereocenters. The van der Waals surface area contributed by atoms with Gasteiger partial charge in [0.05, 0.1) is 35.2 Å². The van der Waals surface area contributed by atoms with E-state index in [-0.39, 0.29) is 11.7 Å². The highest BCUT2D eigenvalue weighted by molar-refractivity contribution is 6.15. The first-order valence-corrected chi connectivity index (χ1v) is 13.9. The Kier molecular flexibility index (Phi) is 7.35. The Bertz CT molecular complexity index is 1770. The number of aromatic nitrogens is 4. The number of carbonyl (C=O) groups excluding carboxylic acids is 1. The summed E-state index contributed by atoms with van der Waals surface area (Å²) in [6.07, 6.45) is 11.6. The summed E-state index contributed by atoms with van der Waals surface area (Å²) in [5.41, 5.74) is 14.5. The number of nitrogens with one attached hydrogen (secondary N) is 2. The number of benzene rings is 1. The van der Waals surface area contributed by atoms with Gasteiger partial charge in [0.15, 0.2) is 5.82 Å². The molecule has 2 aliphatic rings. The van der Waals surface area contributed by atoms with Crippen molar-refractivity contribution in [3.8, 4) is 11.3 Å². The number of aliphatic imine (C=N–C) groups is 1. The fourth-order valence-electron chi connectivity index (χ4n) is 5.14. The van der Waals surface area contributed by atoms with Crippen molar-refractivity contribution in [3.63, 3.8) is 0 Å². The molecule has 0 saturated carbocycles. The summed E-state index contributed by atoms with van der Waals surface area (Å²) in [6.45, 7) is 2.49. The Hall–Kier alpha value is -5.12. The number of anilines is 2. The van der Waals surface area contributed by atoms with Gasteiger partial charge in [0.25, 0.3) is 0 Å². The Morgan fingerprint density at radius 3 is 2.86 bits per heavy atom. The van der Waals surface area contributed by atoms with Gasteiger partial charge in [0.2, 0.25) is 5.91 Å². The molecule has 4 N–H and O–H groups in total. The van der Waals surface area contributed by atoms with Gasteiger partial charge >= 0.3 is 0 Å². The number of hydrogen-bond acceptors (Lipinski definition) is 7. The zero-order valence-electron chi connectivity index (χ0n) is 23.5. The molecule has 1 aliphatic heterocycles. The molecule has 0 bridgehead atoms. The van der Waals surface area contributed by atoms with Crippen LogP contribution in [0.1, 0.15) is 54.5 Å². The standard InChI is InChI=1S/C32H31FN8O/c1-3-4-8-29(42)38-23-12-20(15-35-16-23)26-14-25-28(17-36-26)41(2)18-37-31(25)32-39-27-13-22(34)9-10-24(30(27)40-32)19-6-5-7-21(33)11-19/h5-7,9-12,14-17H,3-4,8,13,18,34H2,1-2H3,(H,38,42)(H,39,40). The van der Waals surface area contributed by atoms with Gasteiger partial charge < -0.3 is 20.9 Å². The number of amides is 1. The third kappa shape index (κ3) is 5.43. The summed E-state index contributed by atoms with van der Waals surface area (Å²) >= 11 is 0. The summed E-state index contributed by atoms with van der Waals surface area (Å²) in [6, 6.07) is 10.3. The summed E-state index contributed by atoms with van der Waals surface area (Å²) in [5, 5.41) is 2.93. The van der Waals surface area contributed by atoms with E-state index in [4.69, 9.17) is 20.7 Å². The number of rotatable bonds is 7. The summed E-state index contributed by atoms with van der Waals surface area (Å²) in [4.78, 5) is 36.7. The van der Waals surface area contributed by atoms with E-state index in [1.807, 2.05) is 48.5 Å². The zero-order chi connectivity index (χ0) is 29.2. The van der Waals surface area contributed by atoms with E-state index in [1.165, 1.54) is 12.1 Å². The van der Waals surface area contributed by atoms with Gasteiger partial charge in [0.1, 0.15) is 18.2 Å². The lowest BCUT2D eigenvalue weighted by Gasteiger charge is -2.26. The van der Waals surface area contributed by atoms with E-state index in [0.29, 0.717) is 59.4 Å². The minimum Gasteiger partial charge on any atom is -0.402 e. The number of nitrogens with two attached hydrogens (primary N) is 1. The normalized spacial score (nSPS) is 14.3. The molecule has 0 fully saturated rings. The van der Waals surface area contributed by atoms with Crippen LogP contribution in [0.5, 0.6) is 0 Å². The fraction of sp³-hybridized carbons (Fsp3) is 0.219. The minimum absolute atomic E-state index is 0.0371. The third-order valence-electron chi connectivity index (χ3n) is 7.30. The highest BCUT2D eigenvalue weighted by atomic mass is 19.1. The van der Waals surface area contributed by atoms with Gasteiger partial charge in [-0.25, -0.2) is 9.37 Å². The van der Waals surface area contributed by atoms with Crippen LogP contribution in [0, 0.1) is 5.82 Å². The first kappa shape index (κ1) is 27.1. The van der Waals surface area contributed by atoms with Crippen molar-refractivity contribution in [2.45, 2.75) is 32.6 Å². The Morgan fingerprint density at radius 1 is 1.14 bits per heavy atom. The first-order chi connectivity index (χ1) is 20.4. The van der Waals surface area contributed by atoms with Crippen LogP contribution in [0.15, 0.2) is 77.8 Å². The van der Waals surface area contributed by atoms with Crippen LogP contribution in [0.3, 0.4) is 0 Å². The zero-order valence-corrected chi connectivity index (χ0v) is 23.5. The molecule has 10 heteroatoms. The lowest BCUT2D eigenvalue weighted by atomic mass is 10.0. The van der Waals surface area contributed by atoms with Gasteiger partial charge in [-0.2, -0.15) is 0 Å². The molecule has 6 rings (SSSR count). The average molecular weight is 563 g/mol. The predicted molar refractivity (Wildman–Crippen MR) is 163 cm³/mol. The summed E-state index contributed by atoms with van der Waals surface area (Å²) in [5.74, 6) is 0.239. The second-order valence-electron chi connectivity index (χ2n) is 10.5. The maximum Gasteiger partial charge on any atom is 0.224 e. The minimum atomic E-state index is -0.320. The van der Waals surface area contributed by atoms with Crippen LogP contribution in [0.4, 0.5) is 15.8 Å². The number of pyridine rings is 2. The van der Waals surface area contributed by atoms with Crippen molar-refractivity contribution in [2.75, 3.05) is 23.9 Å². The van der Waals surface area contributed by atoms with E-state index in [9.17, 15) is 9.18 Å². The lowest BCUT2D eigenvalue weighted by Crippen LogP contribution is -2.27. The highest BCUT2D eigenvalue weighted by Crippen LogP contribution is 2.33. The quantitative estimate of drug-likeness (QED) is 0.284. The number of imidazole rings is 1. The third-order valence-corrected chi connectivity index (χ3v) is 7.30. The molecule has 1 aromatic carbocycles. The molecular formula is C32H31FN8O. The van der Waals surface area contributed by atoms with Gasteiger partial charge in [-0.15, -0.1) is 0 Å². The number of carbonyl (C=O) groups is 1. The van der Waals surface area contributed by atoms with Crippen molar-refractivity contribution in [2.24, 2.45) is 10.7 Å². The second kappa shape index (κ2) is 11.4. The maximum absolute atomic E-state index is 14.1. The number of fused-ring (bicyclic) bond motifs is 2. The molecule has 9 nitrogen and oxygen atoms in total. The Balaban J connectivity index is 1.37. The van der Waals surface area contributed by atoms with Crippen molar-refractivity contribution in [1.82, 2.24) is 19.9 Å². The van der Waals surface area contributed by atoms with Crippen LogP contribution in [-0.4, -0.2) is 45.3 Å². The molecule has 212 valence electrons. The van der Waals surface area contributed by atoms with Gasteiger partial charge in [0, 0.05) is 54.2 Å². The number of H-pyrrole nitrogens is 1. The molecule has 0 saturated heterocycles. The highest BCUT2D eigenvalue weighted by Gasteiger charge is 2.26. The molecule has 1 aliphatic carbocycles. The number of nitrogens with zero attached hydrogens (tertiary/aromatic N) is 5. The monoisotopic (exact) mass is 562 g/mol. The first-order valence-electron chi connectivity index (χ1n) is 13.9. The van der Waals surface area contributed by atoms with Crippen LogP contribution >= 0.6 is 0 Å².